The minimum absolute atomic E-state index is 0.00933. The van der Waals surface area contributed by atoms with Crippen molar-refractivity contribution in [3.63, 3.8) is 0 Å². The summed E-state index contributed by atoms with van der Waals surface area (Å²) in [6.07, 6.45) is 2.90. The average molecular weight is 280 g/mol. The number of hydrogen-bond donors (Lipinski definition) is 2. The van der Waals surface area contributed by atoms with Gasteiger partial charge in [0, 0.05) is 13.1 Å². The number of carbonyl (C=O) groups is 1. The maximum Gasteiger partial charge on any atom is 0.325 e. The van der Waals surface area contributed by atoms with Crippen LogP contribution in [0.5, 0.6) is 0 Å². The molecule has 6 heteroatoms. The molecule has 0 amide bonds. The average Bonchev–Trinajstić information content (AvgIpc) is 2.79. The number of nitriles is 1. The number of guanidine groups is 1. The highest BCUT2D eigenvalue weighted by Gasteiger charge is 2.27. The molecule has 0 spiro atoms. The number of carbonyl (C=O) groups excluding carboxylic acids is 1. The van der Waals surface area contributed by atoms with Crippen LogP contribution in [-0.4, -0.2) is 37.2 Å². The number of esters is 1. The van der Waals surface area contributed by atoms with Crippen molar-refractivity contribution in [2.75, 3.05) is 13.6 Å². The fraction of sp³-hybridized carbons (Fsp3) is 0.786. The van der Waals surface area contributed by atoms with Crippen molar-refractivity contribution in [3.8, 4) is 6.07 Å². The molecule has 2 atom stereocenters. The zero-order valence-electron chi connectivity index (χ0n) is 12.7. The molecular weight excluding hydrogens is 256 g/mol. The maximum atomic E-state index is 11.6. The Bertz CT molecular complexity index is 406. The molecule has 2 N–H and O–H groups in total. The van der Waals surface area contributed by atoms with Crippen LogP contribution in [0, 0.1) is 17.2 Å². The topological polar surface area (TPSA) is 86.5 Å². The van der Waals surface area contributed by atoms with Crippen molar-refractivity contribution >= 4 is 11.9 Å². The lowest BCUT2D eigenvalue weighted by atomic mass is 10.1. The molecule has 1 rings (SSSR count). The highest BCUT2D eigenvalue weighted by molar-refractivity contribution is 5.84. The summed E-state index contributed by atoms with van der Waals surface area (Å²) in [6, 6.07) is 2.40. The van der Waals surface area contributed by atoms with Gasteiger partial charge < -0.3 is 15.4 Å². The highest BCUT2D eigenvalue weighted by Crippen LogP contribution is 2.24. The third-order valence-corrected chi connectivity index (χ3v) is 3.05. The summed E-state index contributed by atoms with van der Waals surface area (Å²) >= 11 is 0. The Morgan fingerprint density at radius 2 is 2.15 bits per heavy atom. The van der Waals surface area contributed by atoms with Crippen LogP contribution in [0.3, 0.4) is 0 Å². The van der Waals surface area contributed by atoms with E-state index in [1.807, 2.05) is 20.8 Å². The number of nitrogens with zero attached hydrogens (tertiary/aromatic N) is 2. The van der Waals surface area contributed by atoms with E-state index in [1.165, 1.54) is 0 Å². The van der Waals surface area contributed by atoms with E-state index in [9.17, 15) is 4.79 Å². The second kappa shape index (κ2) is 7.13. The van der Waals surface area contributed by atoms with Gasteiger partial charge in [0.25, 0.3) is 0 Å². The van der Waals surface area contributed by atoms with Gasteiger partial charge >= 0.3 is 5.97 Å². The molecule has 0 saturated heterocycles. The molecule has 1 aliphatic carbocycles. The normalized spacial score (nSPS) is 23.1. The second-order valence-corrected chi connectivity index (χ2v) is 5.93. The summed E-state index contributed by atoms with van der Waals surface area (Å²) in [5.41, 5.74) is -0.493. The Kier molecular flexibility index (Phi) is 5.81. The Hall–Kier alpha value is -1.77. The first-order valence-electron chi connectivity index (χ1n) is 6.94. The quantitative estimate of drug-likeness (QED) is 0.460. The van der Waals surface area contributed by atoms with Crippen LogP contribution in [0.2, 0.25) is 0 Å². The minimum atomic E-state index is -0.493. The Morgan fingerprint density at radius 1 is 1.45 bits per heavy atom. The predicted octanol–water partition coefficient (Wildman–Crippen LogP) is 1.19. The Morgan fingerprint density at radius 3 is 2.70 bits per heavy atom. The lowest BCUT2D eigenvalue weighted by molar-refractivity contribution is -0.153. The number of hydrogen-bond acceptors (Lipinski definition) is 4. The molecule has 0 aliphatic heterocycles. The number of aliphatic imine (C=N–C) groups is 1. The fourth-order valence-electron chi connectivity index (χ4n) is 2.19. The van der Waals surface area contributed by atoms with E-state index in [2.05, 4.69) is 21.7 Å². The lowest BCUT2D eigenvalue weighted by Gasteiger charge is -2.21. The van der Waals surface area contributed by atoms with E-state index in [1.54, 1.807) is 7.05 Å². The minimum Gasteiger partial charge on any atom is -0.459 e. The molecule has 0 radical (unpaired) electrons. The van der Waals surface area contributed by atoms with Crippen LogP contribution >= 0.6 is 0 Å². The van der Waals surface area contributed by atoms with Gasteiger partial charge in [0.15, 0.2) is 5.96 Å². The number of nitrogens with one attached hydrogen (secondary N) is 2. The molecule has 2 unspecified atom stereocenters. The zero-order valence-corrected chi connectivity index (χ0v) is 12.7. The van der Waals surface area contributed by atoms with Gasteiger partial charge in [0.2, 0.25) is 0 Å². The molecule has 0 aromatic heterocycles. The van der Waals surface area contributed by atoms with Crippen molar-refractivity contribution in [3.05, 3.63) is 0 Å². The van der Waals surface area contributed by atoms with E-state index >= 15 is 0 Å². The smallest absolute Gasteiger partial charge is 0.325 e. The van der Waals surface area contributed by atoms with Gasteiger partial charge in [0.1, 0.15) is 12.1 Å². The largest absolute Gasteiger partial charge is 0.459 e. The maximum absolute atomic E-state index is 11.6. The predicted molar refractivity (Wildman–Crippen MR) is 77.1 cm³/mol. The molecule has 112 valence electrons. The SMILES string of the molecule is CN=C(NCC(=O)OC(C)(C)C)NC1CCCC1C#N. The van der Waals surface area contributed by atoms with Gasteiger partial charge in [-0.2, -0.15) is 5.26 Å². The van der Waals surface area contributed by atoms with Crippen LogP contribution in [0.25, 0.3) is 0 Å². The third kappa shape index (κ3) is 5.47. The van der Waals surface area contributed by atoms with Crippen molar-refractivity contribution in [1.82, 2.24) is 10.6 Å². The van der Waals surface area contributed by atoms with Crippen LogP contribution < -0.4 is 10.6 Å². The number of rotatable bonds is 3. The monoisotopic (exact) mass is 280 g/mol. The van der Waals surface area contributed by atoms with Gasteiger partial charge in [-0.25, -0.2) is 0 Å². The summed E-state index contributed by atoms with van der Waals surface area (Å²) in [4.78, 5) is 15.7. The van der Waals surface area contributed by atoms with E-state index in [0.29, 0.717) is 5.96 Å². The molecule has 0 heterocycles. The van der Waals surface area contributed by atoms with Gasteiger partial charge in [-0.3, -0.25) is 9.79 Å². The van der Waals surface area contributed by atoms with Crippen molar-refractivity contribution in [2.45, 2.75) is 51.7 Å². The molecule has 20 heavy (non-hydrogen) atoms. The van der Waals surface area contributed by atoms with E-state index in [4.69, 9.17) is 10.00 Å². The lowest BCUT2D eigenvalue weighted by Crippen LogP contribution is -2.46. The van der Waals surface area contributed by atoms with Crippen molar-refractivity contribution in [1.29, 1.82) is 5.26 Å². The Balaban J connectivity index is 2.41. The molecule has 0 aromatic carbocycles. The highest BCUT2D eigenvalue weighted by atomic mass is 16.6. The molecular formula is C14H24N4O2. The summed E-state index contributed by atoms with van der Waals surface area (Å²) in [7, 11) is 1.64. The molecule has 0 aromatic rings. The summed E-state index contributed by atoms with van der Waals surface area (Å²) in [6.45, 7) is 5.54. The summed E-state index contributed by atoms with van der Waals surface area (Å²) < 4.78 is 5.21. The van der Waals surface area contributed by atoms with Crippen molar-refractivity contribution < 1.29 is 9.53 Å². The van der Waals surface area contributed by atoms with Crippen LogP contribution in [0.1, 0.15) is 40.0 Å². The standard InChI is InChI=1S/C14H24N4O2/c1-14(2,3)20-12(19)9-17-13(16-4)18-11-7-5-6-10(11)8-15/h10-11H,5-7,9H2,1-4H3,(H2,16,17,18). The zero-order chi connectivity index (χ0) is 15.2. The van der Waals surface area contributed by atoms with E-state index in [-0.39, 0.29) is 24.5 Å². The summed E-state index contributed by atoms with van der Waals surface area (Å²) in [5.74, 6) is 0.210. The third-order valence-electron chi connectivity index (χ3n) is 3.05. The van der Waals surface area contributed by atoms with Gasteiger partial charge in [-0.1, -0.05) is 0 Å². The fourth-order valence-corrected chi connectivity index (χ4v) is 2.19. The second-order valence-electron chi connectivity index (χ2n) is 5.93. The first kappa shape index (κ1) is 16.3. The van der Waals surface area contributed by atoms with Crippen molar-refractivity contribution in [2.24, 2.45) is 10.9 Å². The molecule has 1 saturated carbocycles. The van der Waals surface area contributed by atoms with Gasteiger partial charge in [-0.15, -0.1) is 0 Å². The molecule has 6 nitrogen and oxygen atoms in total. The van der Waals surface area contributed by atoms with E-state index in [0.717, 1.165) is 19.3 Å². The summed E-state index contributed by atoms with van der Waals surface area (Å²) in [5, 5.41) is 15.2. The molecule has 0 bridgehead atoms. The van der Waals surface area contributed by atoms with Crippen LogP contribution in [0.4, 0.5) is 0 Å². The van der Waals surface area contributed by atoms with Gasteiger partial charge in [-0.05, 0) is 40.0 Å². The Labute approximate surface area is 120 Å². The first-order chi connectivity index (χ1) is 9.35. The van der Waals surface area contributed by atoms with Crippen LogP contribution in [-0.2, 0) is 9.53 Å². The van der Waals surface area contributed by atoms with Crippen LogP contribution in [0.15, 0.2) is 4.99 Å². The first-order valence-corrected chi connectivity index (χ1v) is 6.94. The molecule has 1 fully saturated rings. The molecule has 1 aliphatic rings. The van der Waals surface area contributed by atoms with Gasteiger partial charge in [0.05, 0.1) is 12.0 Å². The number of ether oxygens (including phenoxy) is 1. The van der Waals surface area contributed by atoms with E-state index < -0.39 is 5.60 Å².